The largest absolute Gasteiger partial charge is 0.394 e. The Hall–Kier alpha value is -0.240. The van der Waals surface area contributed by atoms with Gasteiger partial charge in [-0.05, 0) is 20.0 Å². The topological polar surface area (TPSA) is 108 Å². The van der Waals surface area contributed by atoms with Gasteiger partial charge < -0.3 is 31.1 Å². The maximum atomic E-state index is 9.79. The van der Waals surface area contributed by atoms with Crippen LogP contribution in [0.15, 0.2) is 0 Å². The van der Waals surface area contributed by atoms with Gasteiger partial charge >= 0.3 is 0 Å². The molecule has 0 amide bonds. The Morgan fingerprint density at radius 2 is 1.93 bits per heavy atom. The molecule has 1 saturated heterocycles. The summed E-state index contributed by atoms with van der Waals surface area (Å²) in [5.74, 6) is 0. The lowest BCUT2D eigenvalue weighted by Gasteiger charge is -2.42. The summed E-state index contributed by atoms with van der Waals surface area (Å²) in [5, 5.41) is 31.3. The van der Waals surface area contributed by atoms with Crippen molar-refractivity contribution in [3.05, 3.63) is 0 Å². The zero-order valence-electron chi connectivity index (χ0n) is 8.84. The molecule has 0 aromatic rings. The SMILES string of the molecule is CNC1C(CCN)OC(CO)C(O)C1O. The van der Waals surface area contributed by atoms with E-state index in [0.717, 1.165) is 0 Å². The Kier molecular flexibility index (Phi) is 4.91. The fraction of sp³-hybridized carbons (Fsp3) is 1.00. The molecule has 1 rings (SSSR count). The van der Waals surface area contributed by atoms with E-state index in [1.165, 1.54) is 0 Å². The Morgan fingerprint density at radius 3 is 2.40 bits per heavy atom. The van der Waals surface area contributed by atoms with Crippen LogP contribution in [0.4, 0.5) is 0 Å². The van der Waals surface area contributed by atoms with Crippen molar-refractivity contribution in [2.75, 3.05) is 20.2 Å². The fourth-order valence-electron chi connectivity index (χ4n) is 1.96. The van der Waals surface area contributed by atoms with Crippen molar-refractivity contribution in [2.24, 2.45) is 5.73 Å². The fourth-order valence-corrected chi connectivity index (χ4v) is 1.96. The number of hydrogen-bond donors (Lipinski definition) is 5. The molecule has 15 heavy (non-hydrogen) atoms. The van der Waals surface area contributed by atoms with Crippen molar-refractivity contribution in [3.8, 4) is 0 Å². The van der Waals surface area contributed by atoms with E-state index < -0.39 is 18.3 Å². The van der Waals surface area contributed by atoms with Gasteiger partial charge in [-0.2, -0.15) is 0 Å². The molecule has 6 nitrogen and oxygen atoms in total. The van der Waals surface area contributed by atoms with Crippen LogP contribution < -0.4 is 11.1 Å². The summed E-state index contributed by atoms with van der Waals surface area (Å²) < 4.78 is 5.46. The van der Waals surface area contributed by atoms with Gasteiger partial charge in [0.05, 0.1) is 18.8 Å². The van der Waals surface area contributed by atoms with E-state index in [1.807, 2.05) is 0 Å². The second-order valence-corrected chi connectivity index (χ2v) is 3.77. The Balaban J connectivity index is 2.70. The third-order valence-electron chi connectivity index (χ3n) is 2.81. The van der Waals surface area contributed by atoms with Crippen molar-refractivity contribution in [2.45, 2.75) is 36.9 Å². The molecule has 90 valence electrons. The zero-order chi connectivity index (χ0) is 11.4. The van der Waals surface area contributed by atoms with E-state index in [9.17, 15) is 10.2 Å². The second-order valence-electron chi connectivity index (χ2n) is 3.77. The Labute approximate surface area is 89.0 Å². The third kappa shape index (κ3) is 2.66. The third-order valence-corrected chi connectivity index (χ3v) is 2.81. The van der Waals surface area contributed by atoms with Crippen LogP contribution >= 0.6 is 0 Å². The number of likely N-dealkylation sites (N-methyl/N-ethyl adjacent to an activating group) is 1. The molecule has 1 heterocycles. The summed E-state index contributed by atoms with van der Waals surface area (Å²) in [4.78, 5) is 0. The molecular weight excluding hydrogens is 200 g/mol. The predicted molar refractivity (Wildman–Crippen MR) is 54.3 cm³/mol. The molecule has 1 aliphatic rings. The molecule has 0 radical (unpaired) electrons. The second kappa shape index (κ2) is 5.74. The minimum absolute atomic E-state index is 0.282. The number of aliphatic hydroxyl groups excluding tert-OH is 3. The van der Waals surface area contributed by atoms with Crippen LogP contribution in [0.3, 0.4) is 0 Å². The average molecular weight is 220 g/mol. The molecule has 6 heteroatoms. The Bertz CT molecular complexity index is 193. The molecule has 0 aromatic heterocycles. The highest BCUT2D eigenvalue weighted by molar-refractivity contribution is 4.95. The van der Waals surface area contributed by atoms with Crippen LogP contribution in [0.2, 0.25) is 0 Å². The molecule has 5 atom stereocenters. The van der Waals surface area contributed by atoms with E-state index in [2.05, 4.69) is 5.32 Å². The predicted octanol–water partition coefficient (Wildman–Crippen LogP) is -2.60. The van der Waals surface area contributed by atoms with Crippen molar-refractivity contribution < 1.29 is 20.1 Å². The summed E-state index contributed by atoms with van der Waals surface area (Å²) in [6.07, 6.45) is -2.46. The van der Waals surface area contributed by atoms with Crippen LogP contribution in [0.5, 0.6) is 0 Å². The molecule has 0 spiro atoms. The highest BCUT2D eigenvalue weighted by Gasteiger charge is 2.42. The Morgan fingerprint density at radius 1 is 1.27 bits per heavy atom. The van der Waals surface area contributed by atoms with Crippen LogP contribution in [0, 0.1) is 0 Å². The van der Waals surface area contributed by atoms with Crippen LogP contribution in [-0.2, 0) is 4.74 Å². The van der Waals surface area contributed by atoms with E-state index in [-0.39, 0.29) is 18.8 Å². The standard InChI is InChI=1S/C9H20N2O4/c1-11-7-5(2-3-10)15-6(4-12)8(13)9(7)14/h5-9,11-14H,2-4,10H2,1H3. The number of ether oxygens (including phenoxy) is 1. The van der Waals surface area contributed by atoms with E-state index >= 15 is 0 Å². The number of nitrogens with two attached hydrogens (primary N) is 1. The van der Waals surface area contributed by atoms with Gasteiger partial charge in [0.25, 0.3) is 0 Å². The summed E-state index contributed by atoms with van der Waals surface area (Å²) in [6, 6.07) is -0.355. The number of aliphatic hydroxyl groups is 3. The number of rotatable bonds is 4. The van der Waals surface area contributed by atoms with Crippen molar-refractivity contribution in [1.82, 2.24) is 5.32 Å². The molecule has 1 fully saturated rings. The monoisotopic (exact) mass is 220 g/mol. The van der Waals surface area contributed by atoms with Gasteiger partial charge in [-0.3, -0.25) is 0 Å². The quantitative estimate of drug-likeness (QED) is 0.356. The smallest absolute Gasteiger partial charge is 0.110 e. The molecule has 5 unspecified atom stereocenters. The normalized spacial score (nSPS) is 41.8. The molecule has 6 N–H and O–H groups in total. The summed E-state index contributed by atoms with van der Waals surface area (Å²) in [6.45, 7) is 0.125. The van der Waals surface area contributed by atoms with E-state index in [4.69, 9.17) is 15.6 Å². The van der Waals surface area contributed by atoms with Gasteiger partial charge in [0.2, 0.25) is 0 Å². The highest BCUT2D eigenvalue weighted by Crippen LogP contribution is 2.22. The minimum Gasteiger partial charge on any atom is -0.394 e. The van der Waals surface area contributed by atoms with Gasteiger partial charge in [0.15, 0.2) is 0 Å². The van der Waals surface area contributed by atoms with Gasteiger partial charge in [-0.1, -0.05) is 0 Å². The number of hydrogen-bond acceptors (Lipinski definition) is 6. The molecule has 1 aliphatic heterocycles. The van der Waals surface area contributed by atoms with Gasteiger partial charge in [-0.25, -0.2) is 0 Å². The average Bonchev–Trinajstić information content (AvgIpc) is 2.24. The van der Waals surface area contributed by atoms with Crippen LogP contribution in [-0.4, -0.2) is 66.0 Å². The maximum absolute atomic E-state index is 9.79. The van der Waals surface area contributed by atoms with Gasteiger partial charge in [0.1, 0.15) is 18.3 Å². The van der Waals surface area contributed by atoms with E-state index in [1.54, 1.807) is 7.05 Å². The summed E-state index contributed by atoms with van der Waals surface area (Å²) in [7, 11) is 1.69. The van der Waals surface area contributed by atoms with Crippen molar-refractivity contribution >= 4 is 0 Å². The van der Waals surface area contributed by atoms with Crippen LogP contribution in [0.25, 0.3) is 0 Å². The number of nitrogens with one attached hydrogen (secondary N) is 1. The lowest BCUT2D eigenvalue weighted by molar-refractivity contribution is -0.194. The lowest BCUT2D eigenvalue weighted by atomic mass is 9.91. The van der Waals surface area contributed by atoms with Gasteiger partial charge in [-0.15, -0.1) is 0 Å². The first kappa shape index (κ1) is 12.8. The first-order valence-corrected chi connectivity index (χ1v) is 5.15. The zero-order valence-corrected chi connectivity index (χ0v) is 8.84. The van der Waals surface area contributed by atoms with Crippen molar-refractivity contribution in [1.29, 1.82) is 0 Å². The molecule has 0 aromatic carbocycles. The first-order chi connectivity index (χ1) is 7.15. The van der Waals surface area contributed by atoms with Crippen molar-refractivity contribution in [3.63, 3.8) is 0 Å². The van der Waals surface area contributed by atoms with Gasteiger partial charge in [0, 0.05) is 0 Å². The van der Waals surface area contributed by atoms with E-state index in [0.29, 0.717) is 13.0 Å². The highest BCUT2D eigenvalue weighted by atomic mass is 16.5. The first-order valence-electron chi connectivity index (χ1n) is 5.15. The summed E-state index contributed by atoms with van der Waals surface area (Å²) in [5.41, 5.74) is 5.43. The minimum atomic E-state index is -1.07. The molecule has 0 saturated carbocycles. The maximum Gasteiger partial charge on any atom is 0.110 e. The lowest BCUT2D eigenvalue weighted by Crippen LogP contribution is -2.62. The molecule has 0 bridgehead atoms. The summed E-state index contributed by atoms with van der Waals surface area (Å²) >= 11 is 0. The molecular formula is C9H20N2O4. The van der Waals surface area contributed by atoms with Crippen LogP contribution in [0.1, 0.15) is 6.42 Å². The molecule has 0 aliphatic carbocycles.